The Morgan fingerprint density at radius 3 is 2.39 bits per heavy atom. The van der Waals surface area contributed by atoms with Crippen LogP contribution in [0.2, 0.25) is 5.02 Å². The van der Waals surface area contributed by atoms with Crippen molar-refractivity contribution in [1.29, 1.82) is 0 Å². The lowest BCUT2D eigenvalue weighted by molar-refractivity contribution is -0.192. The lowest BCUT2D eigenvalue weighted by Crippen LogP contribution is -2.69. The molecule has 14 heteroatoms. The van der Waals surface area contributed by atoms with Crippen LogP contribution in [0.5, 0.6) is 0 Å². The molecule has 44 heavy (non-hydrogen) atoms. The standard InChI is InChI=1S/C28H36ClN7O.C2HF3O2/c1-17-8-22-21(11-31-32-22)24(25(17)29)23-18(2)36(19-9-27(10-19)14-30-15-27)33-26(23)35-7-6-34(20-12-37-13-20)16-28(35)4-3-5-28;3-2(4,5)1(6)7/h8,11,19-20,30H,3-7,9-10,12-16H2,1-2H3,(H,31,32);(H,6,7). The zero-order chi connectivity index (χ0) is 31.0. The minimum Gasteiger partial charge on any atom is -0.475 e. The Kier molecular flexibility index (Phi) is 7.18. The van der Waals surface area contributed by atoms with Gasteiger partial charge in [-0.1, -0.05) is 11.6 Å². The number of benzene rings is 1. The highest BCUT2D eigenvalue weighted by molar-refractivity contribution is 6.36. The number of anilines is 1. The van der Waals surface area contributed by atoms with Crippen LogP contribution in [0.15, 0.2) is 12.3 Å². The summed E-state index contributed by atoms with van der Waals surface area (Å²) in [5, 5.41) is 25.6. The number of nitrogens with one attached hydrogen (secondary N) is 2. The molecule has 0 bridgehead atoms. The van der Waals surface area contributed by atoms with E-state index < -0.39 is 12.1 Å². The minimum atomic E-state index is -5.08. The smallest absolute Gasteiger partial charge is 0.475 e. The van der Waals surface area contributed by atoms with Crippen LogP contribution in [-0.4, -0.2) is 99.6 Å². The molecule has 5 aliphatic rings. The van der Waals surface area contributed by atoms with Crippen LogP contribution in [-0.2, 0) is 9.53 Å². The van der Waals surface area contributed by atoms with Crippen LogP contribution in [0.4, 0.5) is 19.0 Å². The molecule has 1 aromatic carbocycles. The van der Waals surface area contributed by atoms with Gasteiger partial charge in [0.15, 0.2) is 5.82 Å². The van der Waals surface area contributed by atoms with E-state index in [9.17, 15) is 13.2 Å². The number of nitrogens with zero attached hydrogens (tertiary/aromatic N) is 5. The number of carbonyl (C=O) groups is 1. The SMILES string of the molecule is Cc1cc2[nH]ncc2c(-c2c(N3CCN(C4COC4)CC34CCC4)nn(C3CC4(CNC4)C3)c2C)c1Cl.O=C(O)C(F)(F)F. The number of aliphatic carboxylic acids is 1. The van der Waals surface area contributed by atoms with Gasteiger partial charge >= 0.3 is 12.1 Å². The van der Waals surface area contributed by atoms with Crippen molar-refractivity contribution in [2.75, 3.05) is 50.8 Å². The number of aryl methyl sites for hydroxylation is 1. The van der Waals surface area contributed by atoms with Gasteiger partial charge in [-0.25, -0.2) is 4.79 Å². The van der Waals surface area contributed by atoms with Crippen molar-refractivity contribution in [1.82, 2.24) is 30.2 Å². The highest BCUT2D eigenvalue weighted by Crippen LogP contribution is 2.54. The molecule has 2 saturated carbocycles. The van der Waals surface area contributed by atoms with Gasteiger partial charge in [0.05, 0.1) is 47.6 Å². The molecule has 3 aromatic rings. The molecular formula is C30H37ClF3N7O3. The number of halogens is 4. The van der Waals surface area contributed by atoms with Gasteiger partial charge in [0.1, 0.15) is 0 Å². The van der Waals surface area contributed by atoms with E-state index in [1.54, 1.807) is 0 Å². The number of piperazine rings is 1. The van der Waals surface area contributed by atoms with Crippen LogP contribution in [0, 0.1) is 19.3 Å². The fraction of sp³-hybridized carbons (Fsp3) is 0.633. The first-order chi connectivity index (χ1) is 20.9. The molecule has 5 fully saturated rings. The van der Waals surface area contributed by atoms with Crippen LogP contribution in [0.25, 0.3) is 22.0 Å². The molecule has 238 valence electrons. The number of carboxylic acid groups (broad SMARTS) is 1. The summed E-state index contributed by atoms with van der Waals surface area (Å²) in [5.41, 5.74) is 6.29. The van der Waals surface area contributed by atoms with Gasteiger partial charge in [0.25, 0.3) is 0 Å². The van der Waals surface area contributed by atoms with E-state index >= 15 is 0 Å². The number of hydrogen-bond donors (Lipinski definition) is 3. The Balaban J connectivity index is 0.000000403. The van der Waals surface area contributed by atoms with Crippen molar-refractivity contribution in [2.24, 2.45) is 5.41 Å². The first-order valence-corrected chi connectivity index (χ1v) is 15.6. The average Bonchev–Trinajstić information content (AvgIpc) is 3.45. The summed E-state index contributed by atoms with van der Waals surface area (Å²) in [6, 6.07) is 3.15. The normalized spacial score (nSPS) is 23.1. The van der Waals surface area contributed by atoms with E-state index in [4.69, 9.17) is 31.3 Å². The molecule has 2 spiro atoms. The van der Waals surface area contributed by atoms with E-state index in [1.165, 1.54) is 43.4 Å². The van der Waals surface area contributed by atoms with Crippen molar-refractivity contribution in [2.45, 2.75) is 69.8 Å². The van der Waals surface area contributed by atoms with Crippen molar-refractivity contribution >= 4 is 34.3 Å². The minimum absolute atomic E-state index is 0.152. The number of H-pyrrole nitrogens is 1. The molecule has 3 saturated heterocycles. The van der Waals surface area contributed by atoms with Gasteiger partial charge in [0, 0.05) is 54.9 Å². The quantitative estimate of drug-likeness (QED) is 0.379. The summed E-state index contributed by atoms with van der Waals surface area (Å²) in [4.78, 5) is 14.2. The Morgan fingerprint density at radius 1 is 1.14 bits per heavy atom. The van der Waals surface area contributed by atoms with E-state index in [1.807, 2.05) is 6.20 Å². The Morgan fingerprint density at radius 2 is 1.84 bits per heavy atom. The first kappa shape index (κ1) is 29.8. The molecule has 0 amide bonds. The molecule has 0 atom stereocenters. The monoisotopic (exact) mass is 635 g/mol. The molecule has 10 nitrogen and oxygen atoms in total. The maximum atomic E-state index is 10.6. The summed E-state index contributed by atoms with van der Waals surface area (Å²) < 4.78 is 39.6. The number of alkyl halides is 3. The zero-order valence-corrected chi connectivity index (χ0v) is 25.6. The number of carboxylic acids is 1. The van der Waals surface area contributed by atoms with E-state index in [-0.39, 0.29) is 5.54 Å². The van der Waals surface area contributed by atoms with Gasteiger partial charge in [-0.3, -0.25) is 14.7 Å². The second-order valence-corrected chi connectivity index (χ2v) is 13.7. The van der Waals surface area contributed by atoms with E-state index in [0.717, 1.165) is 78.8 Å². The summed E-state index contributed by atoms with van der Waals surface area (Å²) in [7, 11) is 0. The van der Waals surface area contributed by atoms with Crippen LogP contribution in [0.1, 0.15) is 49.4 Å². The Hall–Kier alpha value is -2.87. The fourth-order valence-corrected chi connectivity index (χ4v) is 8.01. The second-order valence-electron chi connectivity index (χ2n) is 13.3. The molecule has 3 N–H and O–H groups in total. The van der Waals surface area contributed by atoms with Gasteiger partial charge < -0.3 is 20.1 Å². The lowest BCUT2D eigenvalue weighted by atomic mass is 9.61. The molecule has 8 rings (SSSR count). The summed E-state index contributed by atoms with van der Waals surface area (Å²) >= 11 is 7.14. The van der Waals surface area contributed by atoms with Crippen molar-refractivity contribution in [3.8, 4) is 11.1 Å². The van der Waals surface area contributed by atoms with E-state index in [2.05, 4.69) is 49.9 Å². The second kappa shape index (κ2) is 10.6. The maximum absolute atomic E-state index is 10.6. The van der Waals surface area contributed by atoms with Crippen molar-refractivity contribution in [3.63, 3.8) is 0 Å². The largest absolute Gasteiger partial charge is 0.490 e. The molecule has 2 aromatic heterocycles. The molecular weight excluding hydrogens is 599 g/mol. The van der Waals surface area contributed by atoms with Gasteiger partial charge in [0.2, 0.25) is 0 Å². The molecule has 0 unspecified atom stereocenters. The Labute approximate surface area is 257 Å². The highest BCUT2D eigenvalue weighted by Gasteiger charge is 2.52. The predicted octanol–water partition coefficient (Wildman–Crippen LogP) is 4.70. The summed E-state index contributed by atoms with van der Waals surface area (Å²) in [6.07, 6.45) is 3.01. The van der Waals surface area contributed by atoms with Gasteiger partial charge in [-0.2, -0.15) is 23.4 Å². The number of aromatic nitrogens is 4. The number of rotatable bonds is 4. The number of aromatic amines is 1. The van der Waals surface area contributed by atoms with Crippen LogP contribution < -0.4 is 10.2 Å². The number of ether oxygens (including phenoxy) is 1. The molecule has 2 aliphatic carbocycles. The number of fused-ring (bicyclic) bond motifs is 1. The van der Waals surface area contributed by atoms with Crippen LogP contribution >= 0.6 is 11.6 Å². The first-order valence-electron chi connectivity index (χ1n) is 15.2. The zero-order valence-electron chi connectivity index (χ0n) is 24.8. The third-order valence-electron chi connectivity index (χ3n) is 10.5. The van der Waals surface area contributed by atoms with Crippen molar-refractivity contribution in [3.05, 3.63) is 28.5 Å². The predicted molar refractivity (Wildman–Crippen MR) is 159 cm³/mol. The molecule has 0 radical (unpaired) electrons. The van der Waals surface area contributed by atoms with Gasteiger partial charge in [-0.05, 0) is 63.0 Å². The average molecular weight is 636 g/mol. The fourth-order valence-electron chi connectivity index (χ4n) is 7.76. The molecule has 3 aliphatic heterocycles. The Bertz CT molecular complexity index is 1580. The maximum Gasteiger partial charge on any atom is 0.490 e. The molecule has 5 heterocycles. The third kappa shape index (κ3) is 4.78. The van der Waals surface area contributed by atoms with Gasteiger partial charge in [-0.15, -0.1) is 0 Å². The number of hydrogen-bond acceptors (Lipinski definition) is 7. The summed E-state index contributed by atoms with van der Waals surface area (Å²) in [6.45, 7) is 11.6. The highest BCUT2D eigenvalue weighted by atomic mass is 35.5. The summed E-state index contributed by atoms with van der Waals surface area (Å²) in [5.74, 6) is -1.63. The van der Waals surface area contributed by atoms with Crippen LogP contribution in [0.3, 0.4) is 0 Å². The van der Waals surface area contributed by atoms with E-state index in [0.29, 0.717) is 17.5 Å². The van der Waals surface area contributed by atoms with Crippen molar-refractivity contribution < 1.29 is 27.8 Å². The topological polar surface area (TPSA) is 112 Å². The third-order valence-corrected chi connectivity index (χ3v) is 11.0. The lowest BCUT2D eigenvalue weighted by Gasteiger charge is -2.58.